The molecule has 3 rings (SSSR count). The lowest BCUT2D eigenvalue weighted by Gasteiger charge is -2.06. The normalized spacial score (nSPS) is 11.1. The van der Waals surface area contributed by atoms with Crippen LogP contribution in [0.3, 0.4) is 0 Å². The van der Waals surface area contributed by atoms with Crippen LogP contribution in [0.1, 0.15) is 21.6 Å². The highest BCUT2D eigenvalue weighted by molar-refractivity contribution is 6.30. The van der Waals surface area contributed by atoms with Gasteiger partial charge in [-0.1, -0.05) is 23.7 Å². The molecule has 2 aromatic carbocycles. The number of aliphatic hydroxyl groups is 1. The molecule has 5 nitrogen and oxygen atoms in total. The van der Waals surface area contributed by atoms with Crippen molar-refractivity contribution in [1.82, 2.24) is 9.78 Å². The third kappa shape index (κ3) is 2.91. The lowest BCUT2D eigenvalue weighted by atomic mass is 10.1. The summed E-state index contributed by atoms with van der Waals surface area (Å²) in [6, 6.07) is 9.20. The first kappa shape index (κ1) is 15.5. The van der Waals surface area contributed by atoms with E-state index >= 15 is 0 Å². The molecule has 0 aliphatic heterocycles. The number of fused-ring (bicyclic) bond motifs is 1. The second-order valence-electron chi connectivity index (χ2n) is 5.06. The lowest BCUT2D eigenvalue weighted by Crippen LogP contribution is -2.06. The number of carboxylic acid groups (broad SMARTS) is 1. The molecule has 118 valence electrons. The minimum absolute atomic E-state index is 0.0747. The Balaban J connectivity index is 2.12. The SMILES string of the molecule is O=C(O)c1nn(Cc2ccc(Cl)cc2F)c2ccc(CO)cc12. The fourth-order valence-electron chi connectivity index (χ4n) is 2.41. The summed E-state index contributed by atoms with van der Waals surface area (Å²) in [5.74, 6) is -1.66. The molecule has 2 N–H and O–H groups in total. The fraction of sp³-hybridized carbons (Fsp3) is 0.125. The van der Waals surface area contributed by atoms with Gasteiger partial charge in [-0.3, -0.25) is 4.68 Å². The number of hydrogen-bond donors (Lipinski definition) is 2. The van der Waals surface area contributed by atoms with Crippen molar-refractivity contribution < 1.29 is 19.4 Å². The average molecular weight is 335 g/mol. The summed E-state index contributed by atoms with van der Waals surface area (Å²) in [4.78, 5) is 11.4. The van der Waals surface area contributed by atoms with Crippen LogP contribution in [-0.4, -0.2) is 26.0 Å². The number of benzene rings is 2. The van der Waals surface area contributed by atoms with E-state index < -0.39 is 11.8 Å². The highest BCUT2D eigenvalue weighted by Gasteiger charge is 2.17. The van der Waals surface area contributed by atoms with Gasteiger partial charge in [0.05, 0.1) is 18.7 Å². The van der Waals surface area contributed by atoms with Gasteiger partial charge in [-0.25, -0.2) is 9.18 Å². The van der Waals surface area contributed by atoms with Gasteiger partial charge in [-0.05, 0) is 29.8 Å². The number of nitrogens with zero attached hydrogens (tertiary/aromatic N) is 2. The number of carboxylic acids is 1. The maximum absolute atomic E-state index is 13.9. The number of rotatable bonds is 4. The molecule has 0 fully saturated rings. The first-order chi connectivity index (χ1) is 11.0. The molecule has 1 aromatic heterocycles. The molecule has 23 heavy (non-hydrogen) atoms. The van der Waals surface area contributed by atoms with E-state index in [1.54, 1.807) is 24.3 Å². The van der Waals surface area contributed by atoms with E-state index in [4.69, 9.17) is 11.6 Å². The Hall–Kier alpha value is -2.44. The van der Waals surface area contributed by atoms with Crippen molar-refractivity contribution in [1.29, 1.82) is 0 Å². The van der Waals surface area contributed by atoms with Crippen molar-refractivity contribution >= 4 is 28.5 Å². The molecule has 3 aromatic rings. The van der Waals surface area contributed by atoms with E-state index in [1.807, 2.05) is 0 Å². The van der Waals surface area contributed by atoms with E-state index in [9.17, 15) is 19.4 Å². The maximum Gasteiger partial charge on any atom is 0.357 e. The van der Waals surface area contributed by atoms with Crippen LogP contribution in [0.4, 0.5) is 4.39 Å². The molecule has 0 aliphatic rings. The van der Waals surface area contributed by atoms with Crippen molar-refractivity contribution in [3.05, 3.63) is 64.1 Å². The first-order valence-electron chi connectivity index (χ1n) is 6.77. The fourth-order valence-corrected chi connectivity index (χ4v) is 2.57. The predicted octanol–water partition coefficient (Wildman–Crippen LogP) is 3.07. The predicted molar refractivity (Wildman–Crippen MR) is 83.1 cm³/mol. The second kappa shape index (κ2) is 5.98. The van der Waals surface area contributed by atoms with Crippen LogP contribution in [0.15, 0.2) is 36.4 Å². The van der Waals surface area contributed by atoms with Crippen LogP contribution in [-0.2, 0) is 13.2 Å². The summed E-state index contributed by atoms with van der Waals surface area (Å²) in [7, 11) is 0. The molecule has 0 aliphatic carbocycles. The highest BCUT2D eigenvalue weighted by atomic mass is 35.5. The van der Waals surface area contributed by atoms with E-state index in [1.165, 1.54) is 16.8 Å². The summed E-state index contributed by atoms with van der Waals surface area (Å²) >= 11 is 5.73. The third-order valence-electron chi connectivity index (χ3n) is 3.54. The van der Waals surface area contributed by atoms with Gasteiger partial charge in [0.25, 0.3) is 0 Å². The van der Waals surface area contributed by atoms with Crippen molar-refractivity contribution in [3.8, 4) is 0 Å². The number of hydrogen-bond acceptors (Lipinski definition) is 3. The zero-order valence-corrected chi connectivity index (χ0v) is 12.6. The Morgan fingerprint density at radius 3 is 2.70 bits per heavy atom. The standard InChI is InChI=1S/C16H12ClFN2O3/c17-11-3-2-10(13(18)6-11)7-20-14-4-1-9(8-21)5-12(14)15(19-20)16(22)23/h1-6,21H,7-8H2,(H,22,23). The molecule has 0 bridgehead atoms. The number of aromatic carboxylic acids is 1. The Labute approximate surface area is 135 Å². The van der Waals surface area contributed by atoms with Crippen LogP contribution in [0, 0.1) is 5.82 Å². The van der Waals surface area contributed by atoms with Crippen molar-refractivity contribution in [2.45, 2.75) is 13.2 Å². The largest absolute Gasteiger partial charge is 0.476 e. The monoisotopic (exact) mass is 334 g/mol. The molecule has 0 spiro atoms. The third-order valence-corrected chi connectivity index (χ3v) is 3.77. The quantitative estimate of drug-likeness (QED) is 0.769. The molecule has 0 amide bonds. The van der Waals surface area contributed by atoms with E-state index in [0.717, 1.165) is 0 Å². The Morgan fingerprint density at radius 1 is 1.26 bits per heavy atom. The molecule has 0 unspecified atom stereocenters. The number of carbonyl (C=O) groups is 1. The van der Waals surface area contributed by atoms with Gasteiger partial charge < -0.3 is 10.2 Å². The number of halogens is 2. The van der Waals surface area contributed by atoms with Crippen molar-refractivity contribution in [2.24, 2.45) is 0 Å². The minimum Gasteiger partial charge on any atom is -0.476 e. The Bertz CT molecular complexity index is 908. The van der Waals surface area contributed by atoms with Crippen LogP contribution >= 0.6 is 11.6 Å². The summed E-state index contributed by atoms with van der Waals surface area (Å²) in [6.07, 6.45) is 0. The van der Waals surface area contributed by atoms with Crippen molar-refractivity contribution in [3.63, 3.8) is 0 Å². The summed E-state index contributed by atoms with van der Waals surface area (Å²) in [5, 5.41) is 23.2. The molecule has 0 radical (unpaired) electrons. The highest BCUT2D eigenvalue weighted by Crippen LogP contribution is 2.23. The maximum atomic E-state index is 13.9. The number of aromatic nitrogens is 2. The lowest BCUT2D eigenvalue weighted by molar-refractivity contribution is 0.0691. The second-order valence-corrected chi connectivity index (χ2v) is 5.49. The van der Waals surface area contributed by atoms with Crippen LogP contribution in [0.25, 0.3) is 10.9 Å². The average Bonchev–Trinajstić information content (AvgIpc) is 2.88. The zero-order valence-electron chi connectivity index (χ0n) is 11.8. The molecule has 0 atom stereocenters. The molecule has 0 saturated carbocycles. The first-order valence-corrected chi connectivity index (χ1v) is 7.15. The topological polar surface area (TPSA) is 75.3 Å². The van der Waals surface area contributed by atoms with Crippen LogP contribution < -0.4 is 0 Å². The zero-order chi connectivity index (χ0) is 16.6. The molecule has 1 heterocycles. The molecule has 0 saturated heterocycles. The van der Waals surface area contributed by atoms with E-state index in [2.05, 4.69) is 5.10 Å². The summed E-state index contributed by atoms with van der Waals surface area (Å²) < 4.78 is 15.4. The summed E-state index contributed by atoms with van der Waals surface area (Å²) in [6.45, 7) is -0.128. The van der Waals surface area contributed by atoms with Gasteiger partial charge >= 0.3 is 5.97 Å². The van der Waals surface area contributed by atoms with E-state index in [0.29, 0.717) is 22.0 Å². The van der Waals surface area contributed by atoms with Gasteiger partial charge in [-0.15, -0.1) is 0 Å². The van der Waals surface area contributed by atoms with Crippen molar-refractivity contribution in [2.75, 3.05) is 0 Å². The Kier molecular flexibility index (Phi) is 4.02. The Morgan fingerprint density at radius 2 is 2.04 bits per heavy atom. The van der Waals surface area contributed by atoms with Crippen LogP contribution in [0.5, 0.6) is 0 Å². The molecular formula is C16H12ClFN2O3. The summed E-state index contributed by atoms with van der Waals surface area (Å²) in [5.41, 5.74) is 1.35. The van der Waals surface area contributed by atoms with E-state index in [-0.39, 0.29) is 23.9 Å². The smallest absolute Gasteiger partial charge is 0.357 e. The van der Waals surface area contributed by atoms with Gasteiger partial charge in [0.1, 0.15) is 5.82 Å². The molecular weight excluding hydrogens is 323 g/mol. The van der Waals surface area contributed by atoms with Gasteiger partial charge in [0.2, 0.25) is 0 Å². The van der Waals surface area contributed by atoms with Gasteiger partial charge in [-0.2, -0.15) is 5.10 Å². The minimum atomic E-state index is -1.18. The van der Waals surface area contributed by atoms with Crippen LogP contribution in [0.2, 0.25) is 5.02 Å². The van der Waals surface area contributed by atoms with Gasteiger partial charge in [0, 0.05) is 16.0 Å². The molecule has 7 heteroatoms. The number of aliphatic hydroxyl groups excluding tert-OH is 1. The van der Waals surface area contributed by atoms with Gasteiger partial charge in [0.15, 0.2) is 5.69 Å².